The molecule has 0 aliphatic carbocycles. The zero-order valence-corrected chi connectivity index (χ0v) is 16.9. The first-order chi connectivity index (χ1) is 13.3. The summed E-state index contributed by atoms with van der Waals surface area (Å²) in [5.41, 5.74) is 2.14. The first-order valence-electron chi connectivity index (χ1n) is 8.85. The van der Waals surface area contributed by atoms with Gasteiger partial charge in [0.25, 0.3) is 5.91 Å². The second-order valence-corrected chi connectivity index (χ2v) is 6.69. The number of aromatic amines is 1. The fourth-order valence-electron chi connectivity index (χ4n) is 2.98. The van der Waals surface area contributed by atoms with Crippen LogP contribution in [-0.4, -0.2) is 47.2 Å². The number of nitrogens with one attached hydrogen (secondary N) is 1. The highest BCUT2D eigenvalue weighted by Crippen LogP contribution is 2.20. The smallest absolute Gasteiger partial charge is 0.355 e. The number of H-pyrrole nitrogens is 1. The lowest BCUT2D eigenvalue weighted by Crippen LogP contribution is -2.36. The molecule has 0 aliphatic rings. The number of hydrogen-bond donors (Lipinski definition) is 1. The molecule has 0 saturated heterocycles. The number of Topliss-reactive ketones (excluding diaryl/α,β-unsaturated/α-hetero) is 1. The van der Waals surface area contributed by atoms with Gasteiger partial charge in [0.05, 0.1) is 13.2 Å². The van der Waals surface area contributed by atoms with E-state index in [1.807, 2.05) is 0 Å². The van der Waals surface area contributed by atoms with Crippen LogP contribution >= 0.6 is 11.6 Å². The highest BCUT2D eigenvalue weighted by Gasteiger charge is 2.25. The van der Waals surface area contributed by atoms with Crippen LogP contribution in [0.5, 0.6) is 0 Å². The van der Waals surface area contributed by atoms with Crippen molar-refractivity contribution in [3.63, 3.8) is 0 Å². The molecule has 0 aliphatic heterocycles. The van der Waals surface area contributed by atoms with E-state index in [4.69, 9.17) is 16.3 Å². The van der Waals surface area contributed by atoms with Crippen LogP contribution in [0.1, 0.15) is 49.4 Å². The summed E-state index contributed by atoms with van der Waals surface area (Å²) in [7, 11) is 0. The maximum Gasteiger partial charge on any atom is 0.355 e. The SMILES string of the molecule is C=CCN(CC(=O)c1c(C)[nH]c(C(=O)OCC)c1C)C(=O)c1ccc(Cl)cc1. The van der Waals surface area contributed by atoms with Crippen LogP contribution in [-0.2, 0) is 4.74 Å². The van der Waals surface area contributed by atoms with Crippen molar-refractivity contribution < 1.29 is 19.1 Å². The first-order valence-corrected chi connectivity index (χ1v) is 9.23. The minimum Gasteiger partial charge on any atom is -0.461 e. The number of halogens is 1. The third-order valence-electron chi connectivity index (χ3n) is 4.26. The topological polar surface area (TPSA) is 79.5 Å². The number of ketones is 1. The number of amides is 1. The number of carbonyl (C=O) groups excluding carboxylic acids is 3. The number of aromatic nitrogens is 1. The number of ether oxygens (including phenoxy) is 1. The van der Waals surface area contributed by atoms with E-state index in [2.05, 4.69) is 11.6 Å². The molecular formula is C21H23ClN2O4. The molecule has 1 heterocycles. The van der Waals surface area contributed by atoms with Gasteiger partial charge >= 0.3 is 5.97 Å². The van der Waals surface area contributed by atoms with Crippen LogP contribution in [0, 0.1) is 13.8 Å². The van der Waals surface area contributed by atoms with E-state index < -0.39 is 5.97 Å². The third-order valence-corrected chi connectivity index (χ3v) is 4.51. The Morgan fingerprint density at radius 2 is 1.86 bits per heavy atom. The Labute approximate surface area is 169 Å². The van der Waals surface area contributed by atoms with E-state index >= 15 is 0 Å². The van der Waals surface area contributed by atoms with Crippen LogP contribution < -0.4 is 0 Å². The summed E-state index contributed by atoms with van der Waals surface area (Å²) < 4.78 is 5.01. The molecule has 0 fully saturated rings. The van der Waals surface area contributed by atoms with Gasteiger partial charge in [0.2, 0.25) is 0 Å². The van der Waals surface area contributed by atoms with Gasteiger partial charge in [-0.2, -0.15) is 0 Å². The minimum atomic E-state index is -0.512. The minimum absolute atomic E-state index is 0.144. The highest BCUT2D eigenvalue weighted by molar-refractivity contribution is 6.30. The maximum atomic E-state index is 12.9. The molecule has 0 radical (unpaired) electrons. The quantitative estimate of drug-likeness (QED) is 0.411. The van der Waals surface area contributed by atoms with Crippen LogP contribution in [0.25, 0.3) is 0 Å². The van der Waals surface area contributed by atoms with Gasteiger partial charge in [-0.15, -0.1) is 6.58 Å². The molecule has 0 bridgehead atoms. The molecule has 0 saturated carbocycles. The van der Waals surface area contributed by atoms with Gasteiger partial charge < -0.3 is 14.6 Å². The lowest BCUT2D eigenvalue weighted by Gasteiger charge is -2.20. The van der Waals surface area contributed by atoms with Crippen molar-refractivity contribution in [1.82, 2.24) is 9.88 Å². The Bertz CT molecular complexity index is 900. The fraction of sp³-hybridized carbons (Fsp3) is 0.286. The number of esters is 1. The fourth-order valence-corrected chi connectivity index (χ4v) is 3.10. The van der Waals surface area contributed by atoms with Crippen molar-refractivity contribution in [1.29, 1.82) is 0 Å². The van der Waals surface area contributed by atoms with Gasteiger partial charge in [0.15, 0.2) is 5.78 Å². The van der Waals surface area contributed by atoms with Gasteiger partial charge in [-0.05, 0) is 50.6 Å². The highest BCUT2D eigenvalue weighted by atomic mass is 35.5. The van der Waals surface area contributed by atoms with Crippen molar-refractivity contribution in [3.8, 4) is 0 Å². The standard InChI is InChI=1S/C21H23ClN2O4/c1-5-11-24(20(26)15-7-9-16(22)10-8-15)12-17(25)18-13(3)19(23-14(18)4)21(27)28-6-2/h5,7-10,23H,1,6,11-12H2,2-4H3. The average Bonchev–Trinajstić information content (AvgIpc) is 2.96. The second kappa shape index (κ2) is 9.37. The molecule has 1 amide bonds. The van der Waals surface area contributed by atoms with Gasteiger partial charge in [-0.1, -0.05) is 17.7 Å². The normalized spacial score (nSPS) is 10.4. The molecule has 1 aromatic carbocycles. The molecule has 0 unspecified atom stereocenters. The molecule has 1 N–H and O–H groups in total. The Kier molecular flexibility index (Phi) is 7.18. The summed E-state index contributed by atoms with van der Waals surface area (Å²) in [6.45, 7) is 9.07. The van der Waals surface area contributed by atoms with Crippen LogP contribution in [0.3, 0.4) is 0 Å². The molecule has 0 atom stereocenters. The summed E-state index contributed by atoms with van der Waals surface area (Å²) >= 11 is 5.87. The molecule has 2 rings (SSSR count). The summed E-state index contributed by atoms with van der Waals surface area (Å²) in [6.07, 6.45) is 1.56. The van der Waals surface area contributed by atoms with Gasteiger partial charge in [0.1, 0.15) is 5.69 Å². The van der Waals surface area contributed by atoms with Crippen LogP contribution in [0.15, 0.2) is 36.9 Å². The van der Waals surface area contributed by atoms with Gasteiger partial charge in [0, 0.05) is 28.4 Å². The molecular weight excluding hydrogens is 380 g/mol. The number of carbonyl (C=O) groups is 3. The Balaban J connectivity index is 2.27. The summed E-state index contributed by atoms with van der Waals surface area (Å²) in [4.78, 5) is 42.1. The van der Waals surface area contributed by atoms with E-state index in [0.717, 1.165) is 0 Å². The third kappa shape index (κ3) is 4.70. The number of nitrogens with zero attached hydrogens (tertiary/aromatic N) is 1. The van der Waals surface area contributed by atoms with E-state index in [1.165, 1.54) is 4.90 Å². The number of hydrogen-bond acceptors (Lipinski definition) is 4. The Morgan fingerprint density at radius 3 is 2.43 bits per heavy atom. The van der Waals surface area contributed by atoms with E-state index in [9.17, 15) is 14.4 Å². The molecule has 1 aromatic heterocycles. The van der Waals surface area contributed by atoms with Crippen molar-refractivity contribution in [2.45, 2.75) is 20.8 Å². The summed E-state index contributed by atoms with van der Waals surface area (Å²) in [5, 5.41) is 0.521. The molecule has 2 aromatic rings. The number of rotatable bonds is 8. The molecule has 148 valence electrons. The molecule has 6 nitrogen and oxygen atoms in total. The van der Waals surface area contributed by atoms with Crippen molar-refractivity contribution in [2.75, 3.05) is 19.7 Å². The van der Waals surface area contributed by atoms with Crippen molar-refractivity contribution in [3.05, 3.63) is 70.0 Å². The summed E-state index contributed by atoms with van der Waals surface area (Å²) in [6, 6.07) is 6.46. The van der Waals surface area contributed by atoms with E-state index in [-0.39, 0.29) is 37.1 Å². The second-order valence-electron chi connectivity index (χ2n) is 6.25. The first kappa shape index (κ1) is 21.4. The van der Waals surface area contributed by atoms with Crippen molar-refractivity contribution in [2.24, 2.45) is 0 Å². The zero-order valence-electron chi connectivity index (χ0n) is 16.2. The predicted octanol–water partition coefficient (Wildman–Crippen LogP) is 3.97. The average molecular weight is 403 g/mol. The predicted molar refractivity (Wildman–Crippen MR) is 108 cm³/mol. The maximum absolute atomic E-state index is 12.9. The van der Waals surface area contributed by atoms with Crippen molar-refractivity contribution >= 4 is 29.3 Å². The molecule has 28 heavy (non-hydrogen) atoms. The van der Waals surface area contributed by atoms with E-state index in [0.29, 0.717) is 27.4 Å². The number of benzene rings is 1. The van der Waals surface area contributed by atoms with Gasteiger partial charge in [-0.3, -0.25) is 9.59 Å². The monoisotopic (exact) mass is 402 g/mol. The van der Waals surface area contributed by atoms with E-state index in [1.54, 1.807) is 51.1 Å². The Morgan fingerprint density at radius 1 is 1.21 bits per heavy atom. The van der Waals surface area contributed by atoms with Gasteiger partial charge in [-0.25, -0.2) is 4.79 Å². The van der Waals surface area contributed by atoms with Crippen LogP contribution in [0.2, 0.25) is 5.02 Å². The largest absolute Gasteiger partial charge is 0.461 e. The van der Waals surface area contributed by atoms with Crippen LogP contribution in [0.4, 0.5) is 0 Å². The number of aryl methyl sites for hydroxylation is 1. The Hall–Kier alpha value is -2.86. The summed E-state index contributed by atoms with van der Waals surface area (Å²) in [5.74, 6) is -1.09. The zero-order chi connectivity index (χ0) is 20.8. The lowest BCUT2D eigenvalue weighted by atomic mass is 10.0. The molecule has 0 spiro atoms. The lowest BCUT2D eigenvalue weighted by molar-refractivity contribution is 0.0519. The molecule has 7 heteroatoms.